The molecule has 3 rings (SSSR count). The molecule has 4 heteroatoms. The lowest BCUT2D eigenvalue weighted by atomic mass is 10.0. The molecule has 2 aliphatic rings. The molecule has 0 aliphatic carbocycles. The van der Waals surface area contributed by atoms with Gasteiger partial charge in [-0.3, -0.25) is 4.79 Å². The van der Waals surface area contributed by atoms with Gasteiger partial charge in [0.15, 0.2) is 0 Å². The van der Waals surface area contributed by atoms with Gasteiger partial charge >= 0.3 is 0 Å². The average molecular weight is 295 g/mol. The summed E-state index contributed by atoms with van der Waals surface area (Å²) in [6, 6.07) is 8.06. The molecule has 3 nitrogen and oxygen atoms in total. The molecule has 2 atom stereocenters. The number of carbonyl (C=O) groups excluding carboxylic acids is 1. The van der Waals surface area contributed by atoms with Crippen LogP contribution in [0.25, 0.3) is 0 Å². The number of benzene rings is 1. The van der Waals surface area contributed by atoms with Crippen molar-refractivity contribution in [1.29, 1.82) is 0 Å². The Kier molecular flexibility index (Phi) is 2.92. The molecule has 2 heterocycles. The highest BCUT2D eigenvalue weighted by molar-refractivity contribution is 9.10. The molecular formula is C13H15BrN2O. The highest BCUT2D eigenvalue weighted by atomic mass is 79.9. The van der Waals surface area contributed by atoms with Crippen LogP contribution < -0.4 is 5.32 Å². The van der Waals surface area contributed by atoms with Gasteiger partial charge in [-0.1, -0.05) is 12.1 Å². The van der Waals surface area contributed by atoms with Crippen LogP contribution in [0.4, 0.5) is 0 Å². The molecular weight excluding hydrogens is 280 g/mol. The molecule has 0 radical (unpaired) electrons. The van der Waals surface area contributed by atoms with Crippen LogP contribution in [-0.2, 0) is 0 Å². The molecule has 2 fully saturated rings. The van der Waals surface area contributed by atoms with E-state index in [2.05, 4.69) is 21.2 Å². The molecule has 0 aromatic heterocycles. The van der Waals surface area contributed by atoms with E-state index in [1.807, 2.05) is 29.2 Å². The summed E-state index contributed by atoms with van der Waals surface area (Å²) >= 11 is 3.45. The maximum absolute atomic E-state index is 12.5. The molecule has 2 aliphatic heterocycles. The van der Waals surface area contributed by atoms with Crippen LogP contribution in [0.3, 0.4) is 0 Å². The number of halogens is 1. The van der Waals surface area contributed by atoms with E-state index in [4.69, 9.17) is 0 Å². The largest absolute Gasteiger partial charge is 0.334 e. The van der Waals surface area contributed by atoms with Crippen molar-refractivity contribution in [2.24, 2.45) is 5.92 Å². The fourth-order valence-electron chi connectivity index (χ4n) is 2.89. The first kappa shape index (κ1) is 11.2. The zero-order valence-corrected chi connectivity index (χ0v) is 11.1. The van der Waals surface area contributed by atoms with Gasteiger partial charge in [0, 0.05) is 30.1 Å². The topological polar surface area (TPSA) is 32.3 Å². The number of hydrogen-bond acceptors (Lipinski definition) is 2. The van der Waals surface area contributed by atoms with E-state index in [-0.39, 0.29) is 5.91 Å². The van der Waals surface area contributed by atoms with Crippen molar-refractivity contribution in [2.45, 2.75) is 12.5 Å². The van der Waals surface area contributed by atoms with Crippen molar-refractivity contribution < 1.29 is 4.79 Å². The fourth-order valence-corrected chi connectivity index (χ4v) is 3.35. The molecule has 1 aromatic rings. The minimum absolute atomic E-state index is 0.161. The molecule has 1 amide bonds. The van der Waals surface area contributed by atoms with Crippen LogP contribution in [0.15, 0.2) is 28.7 Å². The van der Waals surface area contributed by atoms with Crippen molar-refractivity contribution in [2.75, 3.05) is 19.6 Å². The van der Waals surface area contributed by atoms with Crippen molar-refractivity contribution in [3.05, 3.63) is 34.3 Å². The molecule has 1 N–H and O–H groups in total. The number of nitrogens with zero attached hydrogens (tertiary/aromatic N) is 1. The normalized spacial score (nSPS) is 27.2. The summed E-state index contributed by atoms with van der Waals surface area (Å²) in [6.07, 6.45) is 1.13. The van der Waals surface area contributed by atoms with Crippen LogP contribution in [0, 0.1) is 5.92 Å². The highest BCUT2D eigenvalue weighted by Gasteiger charge is 2.40. The van der Waals surface area contributed by atoms with Gasteiger partial charge in [0.25, 0.3) is 5.91 Å². The lowest BCUT2D eigenvalue weighted by Gasteiger charge is -2.23. The lowest BCUT2D eigenvalue weighted by Crippen LogP contribution is -2.39. The third kappa shape index (κ3) is 1.89. The quantitative estimate of drug-likeness (QED) is 0.858. The van der Waals surface area contributed by atoms with Crippen LogP contribution in [-0.4, -0.2) is 36.5 Å². The van der Waals surface area contributed by atoms with Gasteiger partial charge in [-0.15, -0.1) is 0 Å². The minimum atomic E-state index is 0.161. The third-order valence-corrected chi connectivity index (χ3v) is 4.50. The number of hydrogen-bond donors (Lipinski definition) is 1. The van der Waals surface area contributed by atoms with E-state index < -0.39 is 0 Å². The number of rotatable bonds is 1. The van der Waals surface area contributed by atoms with E-state index in [0.717, 1.165) is 36.1 Å². The average Bonchev–Trinajstić information content (AvgIpc) is 2.90. The zero-order valence-electron chi connectivity index (χ0n) is 9.53. The standard InChI is InChI=1S/C13H15BrN2O/c14-11-4-2-1-3-10(11)13(17)16-6-5-9-7-15-8-12(9)16/h1-4,9,12,15H,5-8H2/t9-,12+/m0/s1. The molecule has 0 unspecified atom stereocenters. The second kappa shape index (κ2) is 4.42. The van der Waals surface area contributed by atoms with E-state index in [9.17, 15) is 4.79 Å². The minimum Gasteiger partial charge on any atom is -0.334 e. The lowest BCUT2D eigenvalue weighted by molar-refractivity contribution is 0.0736. The van der Waals surface area contributed by atoms with Gasteiger partial charge in [0.1, 0.15) is 0 Å². The maximum atomic E-state index is 12.5. The van der Waals surface area contributed by atoms with Crippen LogP contribution in [0.1, 0.15) is 16.8 Å². The number of likely N-dealkylation sites (tertiary alicyclic amines) is 1. The summed E-state index contributed by atoms with van der Waals surface area (Å²) in [7, 11) is 0. The number of fused-ring (bicyclic) bond motifs is 1. The van der Waals surface area contributed by atoms with Gasteiger partial charge in [0.2, 0.25) is 0 Å². The first-order chi connectivity index (χ1) is 8.27. The van der Waals surface area contributed by atoms with E-state index >= 15 is 0 Å². The Morgan fingerprint density at radius 1 is 1.35 bits per heavy atom. The Hall–Kier alpha value is -0.870. The summed E-state index contributed by atoms with van der Waals surface area (Å²) in [6.45, 7) is 2.91. The number of nitrogens with one attached hydrogen (secondary N) is 1. The first-order valence-electron chi connectivity index (χ1n) is 6.03. The zero-order chi connectivity index (χ0) is 11.8. The first-order valence-corrected chi connectivity index (χ1v) is 6.83. The SMILES string of the molecule is O=C(c1ccccc1Br)N1CC[C@H]2CNC[C@H]21. The molecule has 0 bridgehead atoms. The Balaban J connectivity index is 1.85. The molecule has 17 heavy (non-hydrogen) atoms. The van der Waals surface area contributed by atoms with E-state index in [1.165, 1.54) is 0 Å². The van der Waals surface area contributed by atoms with Crippen LogP contribution >= 0.6 is 15.9 Å². The smallest absolute Gasteiger partial charge is 0.255 e. The Morgan fingerprint density at radius 2 is 2.18 bits per heavy atom. The number of amides is 1. The van der Waals surface area contributed by atoms with Gasteiger partial charge in [-0.2, -0.15) is 0 Å². The molecule has 0 saturated carbocycles. The second-order valence-corrected chi connectivity index (χ2v) is 5.61. The van der Waals surface area contributed by atoms with Crippen molar-refractivity contribution in [3.63, 3.8) is 0 Å². The Bertz CT molecular complexity index is 449. The van der Waals surface area contributed by atoms with E-state index in [1.54, 1.807) is 0 Å². The van der Waals surface area contributed by atoms with Crippen molar-refractivity contribution in [1.82, 2.24) is 10.2 Å². The van der Waals surface area contributed by atoms with E-state index in [0.29, 0.717) is 12.0 Å². The summed E-state index contributed by atoms with van der Waals surface area (Å²) < 4.78 is 0.888. The molecule has 0 spiro atoms. The van der Waals surface area contributed by atoms with Crippen LogP contribution in [0.5, 0.6) is 0 Å². The highest BCUT2D eigenvalue weighted by Crippen LogP contribution is 2.29. The molecule has 2 saturated heterocycles. The molecule has 90 valence electrons. The van der Waals surface area contributed by atoms with Crippen LogP contribution in [0.2, 0.25) is 0 Å². The van der Waals surface area contributed by atoms with Crippen molar-refractivity contribution in [3.8, 4) is 0 Å². The summed E-state index contributed by atoms with van der Waals surface area (Å²) in [5.74, 6) is 0.815. The Labute approximate surface area is 109 Å². The van der Waals surface area contributed by atoms with Gasteiger partial charge in [-0.05, 0) is 40.4 Å². The third-order valence-electron chi connectivity index (χ3n) is 3.81. The second-order valence-electron chi connectivity index (χ2n) is 4.75. The summed E-state index contributed by atoms with van der Waals surface area (Å²) in [5.41, 5.74) is 0.778. The Morgan fingerprint density at radius 3 is 3.00 bits per heavy atom. The maximum Gasteiger partial charge on any atom is 0.255 e. The number of carbonyl (C=O) groups is 1. The summed E-state index contributed by atoms with van der Waals surface area (Å²) in [5, 5.41) is 3.37. The predicted octanol–water partition coefficient (Wildman–Crippen LogP) is 1.88. The van der Waals surface area contributed by atoms with Gasteiger partial charge in [0.05, 0.1) is 5.56 Å². The van der Waals surface area contributed by atoms with Gasteiger partial charge < -0.3 is 10.2 Å². The predicted molar refractivity (Wildman–Crippen MR) is 69.9 cm³/mol. The van der Waals surface area contributed by atoms with Gasteiger partial charge in [-0.25, -0.2) is 0 Å². The fraction of sp³-hybridized carbons (Fsp3) is 0.462. The molecule has 1 aromatic carbocycles. The van der Waals surface area contributed by atoms with Crippen molar-refractivity contribution >= 4 is 21.8 Å². The summed E-state index contributed by atoms with van der Waals surface area (Å²) in [4.78, 5) is 14.5. The monoisotopic (exact) mass is 294 g/mol.